The molecule has 0 bridgehead atoms. The molecule has 0 aliphatic carbocycles. The third-order valence-electron chi connectivity index (χ3n) is 1.92. The SMILES string of the molecule is O=C(Nc1ccc(F)cc1Cl)c1ccco1. The van der Waals surface area contributed by atoms with Crippen LogP contribution in [0.15, 0.2) is 41.0 Å². The van der Waals surface area contributed by atoms with E-state index < -0.39 is 11.7 Å². The first-order chi connectivity index (χ1) is 7.66. The third kappa shape index (κ3) is 2.23. The number of hydrogen-bond acceptors (Lipinski definition) is 2. The van der Waals surface area contributed by atoms with Crippen molar-refractivity contribution in [2.45, 2.75) is 0 Å². The van der Waals surface area contributed by atoms with Crippen molar-refractivity contribution >= 4 is 23.2 Å². The molecule has 2 rings (SSSR count). The number of amides is 1. The Bertz CT molecular complexity index is 511. The molecule has 16 heavy (non-hydrogen) atoms. The van der Waals surface area contributed by atoms with E-state index in [1.807, 2.05) is 0 Å². The zero-order valence-electron chi connectivity index (χ0n) is 8.04. The molecule has 0 saturated carbocycles. The Morgan fingerprint density at radius 1 is 1.38 bits per heavy atom. The summed E-state index contributed by atoms with van der Waals surface area (Å²) in [4.78, 5) is 11.6. The number of carbonyl (C=O) groups is 1. The average Bonchev–Trinajstić information content (AvgIpc) is 2.75. The fourth-order valence-electron chi connectivity index (χ4n) is 1.18. The fraction of sp³-hybridized carbons (Fsp3) is 0. The maximum Gasteiger partial charge on any atom is 0.291 e. The molecule has 1 amide bonds. The van der Waals surface area contributed by atoms with Gasteiger partial charge in [0.25, 0.3) is 5.91 Å². The van der Waals surface area contributed by atoms with E-state index in [1.165, 1.54) is 24.5 Å². The van der Waals surface area contributed by atoms with E-state index in [9.17, 15) is 9.18 Å². The minimum absolute atomic E-state index is 0.139. The van der Waals surface area contributed by atoms with Crippen LogP contribution in [0.3, 0.4) is 0 Å². The number of rotatable bonds is 2. The van der Waals surface area contributed by atoms with Crippen molar-refractivity contribution in [2.24, 2.45) is 0 Å². The monoisotopic (exact) mass is 239 g/mol. The van der Waals surface area contributed by atoms with E-state index in [4.69, 9.17) is 16.0 Å². The Balaban J connectivity index is 2.18. The molecule has 0 spiro atoms. The number of furan rings is 1. The molecule has 0 unspecified atom stereocenters. The van der Waals surface area contributed by atoms with Crippen LogP contribution in [0.4, 0.5) is 10.1 Å². The first kappa shape index (κ1) is 10.7. The van der Waals surface area contributed by atoms with Crippen molar-refractivity contribution in [2.75, 3.05) is 5.32 Å². The molecule has 0 aliphatic heterocycles. The molecule has 1 N–H and O–H groups in total. The minimum atomic E-state index is -0.457. The lowest BCUT2D eigenvalue weighted by atomic mass is 10.3. The quantitative estimate of drug-likeness (QED) is 0.874. The van der Waals surface area contributed by atoms with Gasteiger partial charge in [0, 0.05) is 0 Å². The number of carbonyl (C=O) groups excluding carboxylic acids is 1. The standard InChI is InChI=1S/C11H7ClFNO2/c12-8-6-7(13)3-4-9(8)14-11(15)10-2-1-5-16-10/h1-6H,(H,14,15). The third-order valence-corrected chi connectivity index (χ3v) is 2.24. The Kier molecular flexibility index (Phi) is 2.92. The van der Waals surface area contributed by atoms with Crippen LogP contribution in [0.25, 0.3) is 0 Å². The molecule has 0 aliphatic rings. The van der Waals surface area contributed by atoms with Crippen LogP contribution in [0, 0.1) is 5.82 Å². The lowest BCUT2D eigenvalue weighted by molar-refractivity contribution is 0.0996. The molecule has 5 heteroatoms. The molecular weight excluding hydrogens is 233 g/mol. The number of hydrogen-bond donors (Lipinski definition) is 1. The number of anilines is 1. The predicted octanol–water partition coefficient (Wildman–Crippen LogP) is 3.32. The summed E-state index contributed by atoms with van der Waals surface area (Å²) in [6, 6.07) is 6.84. The number of halogens is 2. The molecule has 0 radical (unpaired) electrons. The van der Waals surface area contributed by atoms with Crippen molar-refractivity contribution in [3.05, 3.63) is 53.2 Å². The van der Waals surface area contributed by atoms with Gasteiger partial charge in [0.05, 0.1) is 17.0 Å². The topological polar surface area (TPSA) is 42.2 Å². The summed E-state index contributed by atoms with van der Waals surface area (Å²) in [5.74, 6) is -0.722. The van der Waals surface area contributed by atoms with Gasteiger partial charge in [-0.3, -0.25) is 4.79 Å². The lowest BCUT2D eigenvalue weighted by Gasteiger charge is -2.05. The van der Waals surface area contributed by atoms with Crippen LogP contribution in [0.2, 0.25) is 5.02 Å². The molecule has 2 aromatic rings. The van der Waals surface area contributed by atoms with Crippen LogP contribution in [0.1, 0.15) is 10.6 Å². The summed E-state index contributed by atoms with van der Waals surface area (Å²) in [5.41, 5.74) is 0.337. The van der Waals surface area contributed by atoms with E-state index in [0.29, 0.717) is 5.69 Å². The number of nitrogens with one attached hydrogen (secondary N) is 1. The first-order valence-corrected chi connectivity index (χ1v) is 4.84. The van der Waals surface area contributed by atoms with Crippen molar-refractivity contribution < 1.29 is 13.6 Å². The van der Waals surface area contributed by atoms with Gasteiger partial charge in [0.15, 0.2) is 5.76 Å². The fourth-order valence-corrected chi connectivity index (χ4v) is 1.40. The van der Waals surface area contributed by atoms with Crippen molar-refractivity contribution in [3.63, 3.8) is 0 Å². The molecule has 1 heterocycles. The molecule has 3 nitrogen and oxygen atoms in total. The maximum absolute atomic E-state index is 12.7. The smallest absolute Gasteiger partial charge is 0.291 e. The Morgan fingerprint density at radius 2 is 2.19 bits per heavy atom. The van der Waals surface area contributed by atoms with Gasteiger partial charge in [0.1, 0.15) is 5.82 Å². The molecule has 0 fully saturated rings. The highest BCUT2D eigenvalue weighted by Gasteiger charge is 2.10. The van der Waals surface area contributed by atoms with Crippen LogP contribution < -0.4 is 5.32 Å². The summed E-state index contributed by atoms with van der Waals surface area (Å²) in [7, 11) is 0. The zero-order valence-corrected chi connectivity index (χ0v) is 8.79. The second kappa shape index (κ2) is 4.37. The summed E-state index contributed by atoms with van der Waals surface area (Å²) in [6.07, 6.45) is 1.39. The maximum atomic E-state index is 12.7. The second-order valence-corrected chi connectivity index (χ2v) is 3.46. The zero-order chi connectivity index (χ0) is 11.5. The van der Waals surface area contributed by atoms with Crippen LogP contribution in [-0.2, 0) is 0 Å². The van der Waals surface area contributed by atoms with Gasteiger partial charge in [0.2, 0.25) is 0 Å². The Hall–Kier alpha value is -1.81. The summed E-state index contributed by atoms with van der Waals surface area (Å²) in [6.45, 7) is 0. The van der Waals surface area contributed by atoms with Gasteiger partial charge >= 0.3 is 0 Å². The second-order valence-electron chi connectivity index (χ2n) is 3.06. The van der Waals surface area contributed by atoms with Crippen molar-refractivity contribution in [1.29, 1.82) is 0 Å². The Labute approximate surface area is 95.8 Å². The summed E-state index contributed by atoms with van der Waals surface area (Å²) >= 11 is 5.75. The molecule has 0 saturated heterocycles. The highest BCUT2D eigenvalue weighted by Crippen LogP contribution is 2.22. The summed E-state index contributed by atoms with van der Waals surface area (Å²) in [5, 5.41) is 2.65. The Morgan fingerprint density at radius 3 is 2.81 bits per heavy atom. The normalized spacial score (nSPS) is 10.1. The molecule has 0 atom stereocenters. The van der Waals surface area contributed by atoms with Gasteiger partial charge < -0.3 is 9.73 Å². The highest BCUT2D eigenvalue weighted by molar-refractivity contribution is 6.33. The average molecular weight is 240 g/mol. The molecule has 1 aromatic heterocycles. The molecule has 1 aromatic carbocycles. The van der Waals surface area contributed by atoms with Crippen LogP contribution in [0.5, 0.6) is 0 Å². The van der Waals surface area contributed by atoms with Crippen molar-refractivity contribution in [1.82, 2.24) is 0 Å². The largest absolute Gasteiger partial charge is 0.459 e. The lowest BCUT2D eigenvalue weighted by Crippen LogP contribution is -2.11. The first-order valence-electron chi connectivity index (χ1n) is 4.47. The van der Waals surface area contributed by atoms with Gasteiger partial charge in [-0.15, -0.1) is 0 Å². The van der Waals surface area contributed by atoms with Crippen molar-refractivity contribution in [3.8, 4) is 0 Å². The van der Waals surface area contributed by atoms with E-state index in [2.05, 4.69) is 5.32 Å². The molecular formula is C11H7ClFNO2. The van der Waals surface area contributed by atoms with E-state index >= 15 is 0 Å². The van der Waals surface area contributed by atoms with Crippen LogP contribution in [-0.4, -0.2) is 5.91 Å². The summed E-state index contributed by atoms with van der Waals surface area (Å²) < 4.78 is 17.6. The highest BCUT2D eigenvalue weighted by atomic mass is 35.5. The van der Waals surface area contributed by atoms with Gasteiger partial charge in [-0.25, -0.2) is 4.39 Å². The van der Waals surface area contributed by atoms with E-state index in [1.54, 1.807) is 6.07 Å². The van der Waals surface area contributed by atoms with Gasteiger partial charge in [-0.1, -0.05) is 11.6 Å². The van der Waals surface area contributed by atoms with Crippen LogP contribution >= 0.6 is 11.6 Å². The van der Waals surface area contributed by atoms with Gasteiger partial charge in [-0.05, 0) is 30.3 Å². The van der Waals surface area contributed by atoms with E-state index in [-0.39, 0.29) is 10.8 Å². The number of benzene rings is 1. The minimum Gasteiger partial charge on any atom is -0.459 e. The molecule has 82 valence electrons. The predicted molar refractivity (Wildman–Crippen MR) is 58.1 cm³/mol. The van der Waals surface area contributed by atoms with E-state index in [0.717, 1.165) is 6.07 Å². The van der Waals surface area contributed by atoms with Gasteiger partial charge in [-0.2, -0.15) is 0 Å².